The number of ketones is 4. The van der Waals surface area contributed by atoms with Crippen LogP contribution in [0.25, 0.3) is 0 Å². The van der Waals surface area contributed by atoms with Gasteiger partial charge in [0, 0.05) is 29.6 Å². The molecule has 1 saturated carbocycles. The minimum absolute atomic E-state index is 0.0170. The molecule has 0 bridgehead atoms. The highest BCUT2D eigenvalue weighted by atomic mass is 16.6. The van der Waals surface area contributed by atoms with Crippen LogP contribution in [-0.2, 0) is 23.9 Å². The van der Waals surface area contributed by atoms with Crippen molar-refractivity contribution >= 4 is 23.1 Å². The third-order valence-corrected chi connectivity index (χ3v) is 10.3. The van der Waals surface area contributed by atoms with Crippen LogP contribution in [0, 0.1) is 22.2 Å². The second-order valence-corrected chi connectivity index (χ2v) is 16.1. The van der Waals surface area contributed by atoms with Gasteiger partial charge in [0.2, 0.25) is 0 Å². The van der Waals surface area contributed by atoms with Crippen molar-refractivity contribution in [3.8, 4) is 0 Å². The van der Waals surface area contributed by atoms with Crippen molar-refractivity contribution in [2.75, 3.05) is 0 Å². The van der Waals surface area contributed by atoms with Gasteiger partial charge in [-0.15, -0.1) is 0 Å². The van der Waals surface area contributed by atoms with Gasteiger partial charge in [-0.3, -0.25) is 19.2 Å². The molecule has 3 aliphatic carbocycles. The van der Waals surface area contributed by atoms with Crippen LogP contribution in [0.4, 0.5) is 0 Å². The predicted molar refractivity (Wildman–Crippen MR) is 184 cm³/mol. The molecule has 0 aromatic carbocycles. The second kappa shape index (κ2) is 14.4. The van der Waals surface area contributed by atoms with Gasteiger partial charge < -0.3 is 20.1 Å². The molecule has 1 aliphatic heterocycles. The van der Waals surface area contributed by atoms with Crippen molar-refractivity contribution in [3.05, 3.63) is 59.8 Å². The number of ether oxygens (including phenoxy) is 1. The average molecular weight is 655 g/mol. The summed E-state index contributed by atoms with van der Waals surface area (Å²) in [5, 5.41) is 30.0. The molecule has 1 saturated heterocycles. The zero-order valence-electron chi connectivity index (χ0n) is 30.6. The SMILES string of the molecule is CC(=O)/C=C/[C@@]1(O)C(C)=CC(=O)CC1(C)C.CC(=O)/C=C/[C@@]12O[C@]1(C)C[C@@H](O)CC2(C)C.CC(=O)/C=C/[C@H]1C(C)=C[C@H](O)CC1(C)C. The summed E-state index contributed by atoms with van der Waals surface area (Å²) < 4.78 is 5.89. The molecule has 2 fully saturated rings. The molecule has 4 aliphatic rings. The van der Waals surface area contributed by atoms with Crippen LogP contribution in [0.3, 0.4) is 0 Å². The molecule has 0 radical (unpaired) electrons. The third kappa shape index (κ3) is 9.23. The molecule has 47 heavy (non-hydrogen) atoms. The zero-order valence-corrected chi connectivity index (χ0v) is 30.6. The van der Waals surface area contributed by atoms with Crippen LogP contribution in [0.5, 0.6) is 0 Å². The second-order valence-electron chi connectivity index (χ2n) is 16.1. The normalized spacial score (nSPS) is 35.1. The molecule has 0 amide bonds. The van der Waals surface area contributed by atoms with E-state index in [0.717, 1.165) is 12.0 Å². The van der Waals surface area contributed by atoms with Crippen LogP contribution in [0.15, 0.2) is 59.8 Å². The van der Waals surface area contributed by atoms with Gasteiger partial charge in [0.25, 0.3) is 0 Å². The summed E-state index contributed by atoms with van der Waals surface area (Å²) in [6, 6.07) is 0. The Kier molecular flexibility index (Phi) is 12.4. The van der Waals surface area contributed by atoms with Crippen LogP contribution >= 0.6 is 0 Å². The van der Waals surface area contributed by atoms with Crippen molar-refractivity contribution in [1.82, 2.24) is 0 Å². The summed E-state index contributed by atoms with van der Waals surface area (Å²) >= 11 is 0. The van der Waals surface area contributed by atoms with E-state index >= 15 is 0 Å². The highest BCUT2D eigenvalue weighted by molar-refractivity contribution is 5.93. The van der Waals surface area contributed by atoms with E-state index in [1.807, 2.05) is 45.9 Å². The zero-order chi connectivity index (χ0) is 36.4. The van der Waals surface area contributed by atoms with Gasteiger partial charge in [-0.2, -0.15) is 0 Å². The lowest BCUT2D eigenvalue weighted by atomic mass is 9.63. The van der Waals surface area contributed by atoms with Crippen molar-refractivity contribution in [2.24, 2.45) is 22.2 Å². The van der Waals surface area contributed by atoms with Gasteiger partial charge in [-0.05, 0) is 102 Å². The van der Waals surface area contributed by atoms with Gasteiger partial charge in [-0.1, -0.05) is 59.3 Å². The quantitative estimate of drug-likeness (QED) is 0.176. The molecule has 262 valence electrons. The van der Waals surface area contributed by atoms with E-state index in [-0.39, 0.29) is 69.7 Å². The molecule has 6 atom stereocenters. The highest BCUT2D eigenvalue weighted by Gasteiger charge is 2.74. The largest absolute Gasteiger partial charge is 0.393 e. The number of fused-ring (bicyclic) bond motifs is 1. The monoisotopic (exact) mass is 654 g/mol. The van der Waals surface area contributed by atoms with E-state index < -0.39 is 11.0 Å². The Morgan fingerprint density at radius 3 is 1.81 bits per heavy atom. The van der Waals surface area contributed by atoms with Crippen molar-refractivity contribution in [2.45, 2.75) is 138 Å². The van der Waals surface area contributed by atoms with E-state index in [9.17, 15) is 34.5 Å². The van der Waals surface area contributed by atoms with Crippen molar-refractivity contribution in [3.63, 3.8) is 0 Å². The lowest BCUT2D eigenvalue weighted by molar-refractivity contribution is -0.121. The first-order valence-corrected chi connectivity index (χ1v) is 16.5. The van der Waals surface area contributed by atoms with E-state index in [4.69, 9.17) is 4.74 Å². The van der Waals surface area contributed by atoms with Crippen molar-refractivity contribution in [1.29, 1.82) is 0 Å². The first-order valence-electron chi connectivity index (χ1n) is 16.5. The maximum atomic E-state index is 11.4. The van der Waals surface area contributed by atoms with Crippen LogP contribution in [0.2, 0.25) is 0 Å². The van der Waals surface area contributed by atoms with Gasteiger partial charge in [-0.25, -0.2) is 0 Å². The minimum atomic E-state index is -1.22. The molecule has 0 unspecified atom stereocenters. The average Bonchev–Trinajstić information content (AvgIpc) is 3.49. The number of aliphatic hydroxyl groups is 3. The first kappa shape index (κ1) is 40.4. The summed E-state index contributed by atoms with van der Waals surface area (Å²) in [7, 11) is 0. The molecule has 4 rings (SSSR count). The summed E-state index contributed by atoms with van der Waals surface area (Å²) in [6.45, 7) is 22.3. The number of epoxide rings is 1. The van der Waals surface area contributed by atoms with E-state index in [1.54, 1.807) is 26.0 Å². The third-order valence-electron chi connectivity index (χ3n) is 10.3. The van der Waals surface area contributed by atoms with E-state index in [1.165, 1.54) is 32.1 Å². The number of aliphatic hydroxyl groups excluding tert-OH is 2. The molecule has 3 N–H and O–H groups in total. The highest BCUT2D eigenvalue weighted by Crippen LogP contribution is 2.66. The summed E-state index contributed by atoms with van der Waals surface area (Å²) in [4.78, 5) is 44.3. The Morgan fingerprint density at radius 1 is 0.809 bits per heavy atom. The molecule has 8 heteroatoms. The lowest BCUT2D eigenvalue weighted by Crippen LogP contribution is -2.48. The number of carbonyl (C=O) groups is 4. The molecular weight excluding hydrogens is 596 g/mol. The van der Waals surface area contributed by atoms with Crippen LogP contribution in [-0.4, -0.2) is 67.5 Å². The topological polar surface area (TPSA) is 142 Å². The van der Waals surface area contributed by atoms with Gasteiger partial charge >= 0.3 is 0 Å². The fourth-order valence-electron chi connectivity index (χ4n) is 7.80. The Labute approximate surface area is 281 Å². The maximum Gasteiger partial charge on any atom is 0.156 e. The number of allylic oxidation sites excluding steroid dienone is 6. The van der Waals surface area contributed by atoms with Crippen LogP contribution < -0.4 is 0 Å². The molecule has 1 heterocycles. The fourth-order valence-corrected chi connectivity index (χ4v) is 7.80. The number of carbonyl (C=O) groups excluding carboxylic acids is 4. The van der Waals surface area contributed by atoms with Gasteiger partial charge in [0.15, 0.2) is 23.1 Å². The Morgan fingerprint density at radius 2 is 1.34 bits per heavy atom. The summed E-state index contributed by atoms with van der Waals surface area (Å²) in [5.74, 6) is 0.265. The van der Waals surface area contributed by atoms with Gasteiger partial charge in [0.1, 0.15) is 16.8 Å². The Hall–Kier alpha value is -2.78. The fraction of sp³-hybridized carbons (Fsp3) is 0.641. The van der Waals surface area contributed by atoms with Gasteiger partial charge in [0.05, 0.1) is 12.2 Å². The molecule has 8 nitrogen and oxygen atoms in total. The standard InChI is InChI=1S/C13H20O3.C13H18O3.C13H20O2/c1-9(14)5-6-13-11(2,3)7-10(15)8-12(13,4)16-13;1-9-7-11(15)8-12(3,4)13(9,16)6-5-10(2)14;1-9-7-11(15)8-13(3,4)12(9)6-5-10(2)14/h5-6,10,15H,7-8H2,1-4H3;5-7,16H,8H2,1-4H3;5-7,11-12,15H,8H2,1-4H3/b3*6-5+/t10-,12+,13-;13-;11-,12-/m010/s1. The number of hydrogen-bond acceptors (Lipinski definition) is 8. The first-order chi connectivity index (χ1) is 21.2. The molecule has 0 aromatic heterocycles. The number of hydrogen-bond donors (Lipinski definition) is 3. The maximum absolute atomic E-state index is 11.4. The molecule has 0 aromatic rings. The smallest absolute Gasteiger partial charge is 0.156 e. The van der Waals surface area contributed by atoms with E-state index in [0.29, 0.717) is 18.4 Å². The minimum Gasteiger partial charge on any atom is -0.393 e. The molecule has 0 spiro atoms. The number of rotatable bonds is 6. The Balaban J connectivity index is 0.000000245. The summed E-state index contributed by atoms with van der Waals surface area (Å²) in [6.07, 6.45) is 15.0. The molecular formula is C39H58O8. The summed E-state index contributed by atoms with van der Waals surface area (Å²) in [5.41, 5.74) is -0.857. The van der Waals surface area contributed by atoms with E-state index in [2.05, 4.69) is 27.7 Å². The van der Waals surface area contributed by atoms with Crippen molar-refractivity contribution < 1.29 is 39.2 Å². The van der Waals surface area contributed by atoms with Crippen LogP contribution in [0.1, 0.15) is 109 Å². The lowest BCUT2D eigenvalue weighted by Gasteiger charge is -2.43. The predicted octanol–water partition coefficient (Wildman–Crippen LogP) is 6.13. The Bertz CT molecular complexity index is 1390.